The van der Waals surface area contributed by atoms with Gasteiger partial charge in [-0.25, -0.2) is 4.68 Å². The third-order valence-corrected chi connectivity index (χ3v) is 3.56. The Morgan fingerprint density at radius 1 is 1.32 bits per heavy atom. The zero-order chi connectivity index (χ0) is 13.8. The molecule has 0 aliphatic rings. The molecule has 5 nitrogen and oxygen atoms in total. The van der Waals surface area contributed by atoms with Crippen LogP contribution in [0.2, 0.25) is 0 Å². The molecule has 0 fully saturated rings. The number of ether oxygens (including phenoxy) is 1. The van der Waals surface area contributed by atoms with Crippen LogP contribution in [0, 0.1) is 11.7 Å². The largest absolute Gasteiger partial charge is 0.380 e. The number of nitrogens with zero attached hydrogens (tertiary/aromatic N) is 3. The van der Waals surface area contributed by atoms with Crippen molar-refractivity contribution in [2.75, 3.05) is 13.2 Å². The first-order valence-corrected chi connectivity index (χ1v) is 7.33. The Morgan fingerprint density at radius 2 is 2.11 bits per heavy atom. The van der Waals surface area contributed by atoms with Gasteiger partial charge in [0.05, 0.1) is 18.8 Å². The van der Waals surface area contributed by atoms with Gasteiger partial charge in [-0.05, 0) is 32.5 Å². The molecule has 0 bridgehead atoms. The predicted molar refractivity (Wildman–Crippen MR) is 79.0 cm³/mol. The van der Waals surface area contributed by atoms with Crippen molar-refractivity contribution in [1.82, 2.24) is 19.3 Å². The van der Waals surface area contributed by atoms with Gasteiger partial charge in [0, 0.05) is 13.2 Å². The van der Waals surface area contributed by atoms with E-state index in [1.807, 2.05) is 11.6 Å². The van der Waals surface area contributed by atoms with E-state index in [9.17, 15) is 0 Å². The predicted octanol–water partition coefficient (Wildman–Crippen LogP) is 3.04. The Labute approximate surface area is 118 Å². The molecule has 0 saturated heterocycles. The molecule has 2 rings (SSSR count). The van der Waals surface area contributed by atoms with Gasteiger partial charge in [-0.3, -0.25) is 4.57 Å². The lowest BCUT2D eigenvalue weighted by Crippen LogP contribution is -2.10. The van der Waals surface area contributed by atoms with E-state index in [-0.39, 0.29) is 0 Å². The van der Waals surface area contributed by atoms with E-state index in [0.717, 1.165) is 54.2 Å². The van der Waals surface area contributed by atoms with E-state index in [1.54, 1.807) is 0 Å². The second kappa shape index (κ2) is 6.34. The van der Waals surface area contributed by atoms with Crippen molar-refractivity contribution in [1.29, 1.82) is 0 Å². The van der Waals surface area contributed by atoms with E-state index >= 15 is 0 Å². The zero-order valence-corrected chi connectivity index (χ0v) is 12.7. The maximum absolute atomic E-state index is 5.62. The molecule has 2 aromatic rings. The second-order valence-electron chi connectivity index (χ2n) is 4.65. The van der Waals surface area contributed by atoms with Crippen LogP contribution in [0.5, 0.6) is 0 Å². The molecule has 0 aliphatic heterocycles. The summed E-state index contributed by atoms with van der Waals surface area (Å²) in [5, 5.41) is 4.51. The van der Waals surface area contributed by atoms with Gasteiger partial charge in [0.25, 0.3) is 0 Å². The first-order valence-electron chi connectivity index (χ1n) is 6.92. The summed E-state index contributed by atoms with van der Waals surface area (Å²) in [5.41, 5.74) is 3.11. The van der Waals surface area contributed by atoms with Crippen molar-refractivity contribution in [3.05, 3.63) is 10.5 Å². The zero-order valence-electron chi connectivity index (χ0n) is 11.9. The summed E-state index contributed by atoms with van der Waals surface area (Å²) in [4.78, 5) is 3.24. The smallest absolute Gasteiger partial charge is 0.179 e. The number of aryl methyl sites for hydroxylation is 2. The molecule has 0 radical (unpaired) electrons. The van der Waals surface area contributed by atoms with Crippen molar-refractivity contribution in [2.45, 2.75) is 46.7 Å². The Morgan fingerprint density at radius 3 is 2.79 bits per heavy atom. The van der Waals surface area contributed by atoms with Gasteiger partial charge in [-0.15, -0.1) is 0 Å². The van der Waals surface area contributed by atoms with Gasteiger partial charge in [0.1, 0.15) is 5.52 Å². The van der Waals surface area contributed by atoms with Crippen molar-refractivity contribution in [2.24, 2.45) is 0 Å². The third-order valence-electron chi connectivity index (χ3n) is 3.23. The van der Waals surface area contributed by atoms with Gasteiger partial charge in [-0.2, -0.15) is 5.10 Å². The average Bonchev–Trinajstić information content (AvgIpc) is 2.88. The Balaban J connectivity index is 2.17. The quantitative estimate of drug-likeness (QED) is 0.627. The molecular weight excluding hydrogens is 260 g/mol. The highest BCUT2D eigenvalue weighted by Gasteiger charge is 2.13. The third kappa shape index (κ3) is 2.90. The number of aromatic nitrogens is 4. The molecule has 0 aliphatic carbocycles. The number of H-pyrrole nitrogens is 1. The summed E-state index contributed by atoms with van der Waals surface area (Å²) in [6.45, 7) is 9.38. The van der Waals surface area contributed by atoms with Crippen molar-refractivity contribution < 1.29 is 4.74 Å². The molecule has 0 atom stereocenters. The minimum absolute atomic E-state index is 0.690. The molecule has 0 unspecified atom stereocenters. The normalized spacial score (nSPS) is 11.5. The molecule has 0 amide bonds. The summed E-state index contributed by atoms with van der Waals surface area (Å²) in [6, 6.07) is 0. The maximum Gasteiger partial charge on any atom is 0.179 e. The van der Waals surface area contributed by atoms with E-state index in [4.69, 9.17) is 17.0 Å². The fourth-order valence-corrected chi connectivity index (χ4v) is 2.47. The SMILES string of the molecule is CCCCOCCn1c(=S)[nH]c2c(C)nn(CC)c21. The molecule has 2 heterocycles. The summed E-state index contributed by atoms with van der Waals surface area (Å²) in [7, 11) is 0. The molecule has 19 heavy (non-hydrogen) atoms. The molecule has 0 aromatic carbocycles. The summed E-state index contributed by atoms with van der Waals surface area (Å²) >= 11 is 5.39. The van der Waals surface area contributed by atoms with Crippen LogP contribution in [0.25, 0.3) is 11.2 Å². The lowest BCUT2D eigenvalue weighted by molar-refractivity contribution is 0.123. The summed E-state index contributed by atoms with van der Waals surface area (Å²) in [5.74, 6) is 0. The highest BCUT2D eigenvalue weighted by molar-refractivity contribution is 7.71. The molecule has 6 heteroatoms. The first-order chi connectivity index (χ1) is 9.19. The average molecular weight is 282 g/mol. The van der Waals surface area contributed by atoms with Gasteiger partial charge >= 0.3 is 0 Å². The van der Waals surface area contributed by atoms with Gasteiger partial charge in [0.2, 0.25) is 0 Å². The lowest BCUT2D eigenvalue weighted by atomic mass is 10.4. The number of imidazole rings is 1. The van der Waals surface area contributed by atoms with Crippen molar-refractivity contribution in [3.8, 4) is 0 Å². The monoisotopic (exact) mass is 282 g/mol. The first kappa shape index (κ1) is 14.3. The van der Waals surface area contributed by atoms with Crippen LogP contribution in [-0.4, -0.2) is 32.5 Å². The topological polar surface area (TPSA) is 47.8 Å². The fraction of sp³-hybridized carbons (Fsp3) is 0.692. The van der Waals surface area contributed by atoms with Crippen LogP contribution in [0.1, 0.15) is 32.4 Å². The minimum Gasteiger partial charge on any atom is -0.380 e. The number of fused-ring (bicyclic) bond motifs is 1. The standard InChI is InChI=1S/C13H22N4OS/c1-4-6-8-18-9-7-16-12-11(14-13(16)19)10(3)15-17(12)5-2/h4-9H2,1-3H3,(H,14,19). The Bertz CT molecular complexity index is 596. The fourth-order valence-electron chi connectivity index (χ4n) is 2.19. The molecule has 0 spiro atoms. The van der Waals surface area contributed by atoms with Gasteiger partial charge in [0.15, 0.2) is 10.4 Å². The van der Waals surface area contributed by atoms with Crippen LogP contribution >= 0.6 is 12.2 Å². The van der Waals surface area contributed by atoms with E-state index in [0.29, 0.717) is 6.61 Å². The number of aromatic amines is 1. The Kier molecular flexibility index (Phi) is 4.76. The van der Waals surface area contributed by atoms with Crippen molar-refractivity contribution in [3.63, 3.8) is 0 Å². The molecule has 0 saturated carbocycles. The number of nitrogens with one attached hydrogen (secondary N) is 1. The molecule has 1 N–H and O–H groups in total. The van der Waals surface area contributed by atoms with Crippen LogP contribution < -0.4 is 0 Å². The highest BCUT2D eigenvalue weighted by atomic mass is 32.1. The van der Waals surface area contributed by atoms with Crippen LogP contribution in [-0.2, 0) is 17.8 Å². The molecule has 106 valence electrons. The van der Waals surface area contributed by atoms with Crippen LogP contribution in [0.4, 0.5) is 0 Å². The maximum atomic E-state index is 5.62. The van der Waals surface area contributed by atoms with Gasteiger partial charge < -0.3 is 9.72 Å². The van der Waals surface area contributed by atoms with E-state index in [1.165, 1.54) is 0 Å². The van der Waals surface area contributed by atoms with Crippen LogP contribution in [0.3, 0.4) is 0 Å². The number of hydrogen-bond donors (Lipinski definition) is 1. The van der Waals surface area contributed by atoms with E-state index < -0.39 is 0 Å². The molecule has 2 aromatic heterocycles. The molecular formula is C13H22N4OS. The highest BCUT2D eigenvalue weighted by Crippen LogP contribution is 2.17. The van der Waals surface area contributed by atoms with Crippen molar-refractivity contribution >= 4 is 23.4 Å². The lowest BCUT2D eigenvalue weighted by Gasteiger charge is -2.07. The van der Waals surface area contributed by atoms with Gasteiger partial charge in [-0.1, -0.05) is 13.3 Å². The number of hydrogen-bond acceptors (Lipinski definition) is 3. The number of unbranched alkanes of at least 4 members (excludes halogenated alkanes) is 1. The minimum atomic E-state index is 0.690. The second-order valence-corrected chi connectivity index (χ2v) is 5.03. The Hall–Kier alpha value is -1.14. The van der Waals surface area contributed by atoms with E-state index in [2.05, 4.69) is 28.5 Å². The number of rotatable bonds is 7. The summed E-state index contributed by atoms with van der Waals surface area (Å²) in [6.07, 6.45) is 2.27. The van der Waals surface area contributed by atoms with Crippen LogP contribution in [0.15, 0.2) is 0 Å². The summed E-state index contributed by atoms with van der Waals surface area (Å²) < 4.78 is 10.4.